The Kier molecular flexibility index (Phi) is 8.01. The second kappa shape index (κ2) is 10.5. The van der Waals surface area contributed by atoms with Crippen LogP contribution in [0.2, 0.25) is 5.02 Å². The molecule has 0 spiro atoms. The summed E-state index contributed by atoms with van der Waals surface area (Å²) in [6.07, 6.45) is 7.27. The SMILES string of the molecule is CC(C)CCC1(C(=O)Nc2ccccc2SC(=O)c2ccccc2Cl)CCCCC1. The number of carbonyl (C=O) groups is 2. The quantitative estimate of drug-likeness (QED) is 0.448. The minimum Gasteiger partial charge on any atom is -0.325 e. The first-order valence-electron chi connectivity index (χ1n) is 10.8. The smallest absolute Gasteiger partial charge is 0.230 e. The van der Waals surface area contributed by atoms with E-state index in [-0.39, 0.29) is 16.4 Å². The van der Waals surface area contributed by atoms with E-state index in [2.05, 4.69) is 19.2 Å². The van der Waals surface area contributed by atoms with Crippen LogP contribution in [0.1, 0.15) is 69.2 Å². The Hall–Kier alpha value is -1.78. The lowest BCUT2D eigenvalue weighted by atomic mass is 9.69. The van der Waals surface area contributed by atoms with Crippen LogP contribution in [0.5, 0.6) is 0 Å². The van der Waals surface area contributed by atoms with Crippen LogP contribution < -0.4 is 5.32 Å². The number of hydrogen-bond donors (Lipinski definition) is 1. The molecule has 0 aromatic heterocycles. The normalized spacial score (nSPS) is 15.7. The van der Waals surface area contributed by atoms with Gasteiger partial charge in [0.2, 0.25) is 11.0 Å². The van der Waals surface area contributed by atoms with E-state index in [0.717, 1.165) is 55.2 Å². The van der Waals surface area contributed by atoms with Crippen LogP contribution >= 0.6 is 23.4 Å². The number of rotatable bonds is 7. The molecule has 0 aliphatic heterocycles. The molecule has 0 radical (unpaired) electrons. The lowest BCUT2D eigenvalue weighted by Crippen LogP contribution is -2.38. The molecule has 5 heteroatoms. The third-order valence-corrected chi connectivity index (χ3v) is 7.24. The lowest BCUT2D eigenvalue weighted by molar-refractivity contribution is -0.128. The number of carbonyl (C=O) groups excluding carboxylic acids is 2. The van der Waals surface area contributed by atoms with E-state index < -0.39 is 0 Å². The Morgan fingerprint density at radius 2 is 1.70 bits per heavy atom. The number of benzene rings is 2. The van der Waals surface area contributed by atoms with Crippen molar-refractivity contribution in [3.8, 4) is 0 Å². The molecule has 0 bridgehead atoms. The molecule has 3 rings (SSSR count). The zero-order chi connectivity index (χ0) is 21.6. The molecule has 160 valence electrons. The van der Waals surface area contributed by atoms with E-state index in [0.29, 0.717) is 22.2 Å². The molecule has 1 aliphatic rings. The summed E-state index contributed by atoms with van der Waals surface area (Å²) in [7, 11) is 0. The highest BCUT2D eigenvalue weighted by molar-refractivity contribution is 8.14. The molecule has 1 aliphatic carbocycles. The molecule has 2 aromatic carbocycles. The van der Waals surface area contributed by atoms with Gasteiger partial charge < -0.3 is 5.32 Å². The van der Waals surface area contributed by atoms with Crippen LogP contribution in [0.3, 0.4) is 0 Å². The second-order valence-electron chi connectivity index (χ2n) is 8.59. The van der Waals surface area contributed by atoms with Gasteiger partial charge in [0.15, 0.2) is 0 Å². The minimum absolute atomic E-state index is 0.0982. The van der Waals surface area contributed by atoms with Crippen molar-refractivity contribution in [2.45, 2.75) is 63.7 Å². The number of thioether (sulfide) groups is 1. The minimum atomic E-state index is -0.299. The van der Waals surface area contributed by atoms with Gasteiger partial charge in [-0.05, 0) is 67.6 Å². The maximum atomic E-state index is 13.4. The maximum Gasteiger partial charge on any atom is 0.230 e. The van der Waals surface area contributed by atoms with E-state index in [4.69, 9.17) is 11.6 Å². The molecule has 1 fully saturated rings. The van der Waals surface area contributed by atoms with Crippen molar-refractivity contribution < 1.29 is 9.59 Å². The first-order chi connectivity index (χ1) is 14.4. The molecular formula is C25H30ClNO2S. The van der Waals surface area contributed by atoms with Crippen molar-refractivity contribution in [1.82, 2.24) is 0 Å². The average Bonchev–Trinajstić information content (AvgIpc) is 2.74. The van der Waals surface area contributed by atoms with Crippen molar-refractivity contribution in [3.63, 3.8) is 0 Å². The highest BCUT2D eigenvalue weighted by atomic mass is 35.5. The van der Waals surface area contributed by atoms with Crippen molar-refractivity contribution in [2.75, 3.05) is 5.32 Å². The topological polar surface area (TPSA) is 46.2 Å². The summed E-state index contributed by atoms with van der Waals surface area (Å²) in [4.78, 5) is 27.0. The number of para-hydroxylation sites is 1. The number of halogens is 1. The zero-order valence-corrected chi connectivity index (χ0v) is 19.3. The number of hydrogen-bond acceptors (Lipinski definition) is 3. The number of amides is 1. The van der Waals surface area contributed by atoms with Crippen LogP contribution in [0.15, 0.2) is 53.4 Å². The molecule has 30 heavy (non-hydrogen) atoms. The van der Waals surface area contributed by atoms with E-state index in [9.17, 15) is 9.59 Å². The third-order valence-electron chi connectivity index (χ3n) is 5.92. The third kappa shape index (κ3) is 5.67. The van der Waals surface area contributed by atoms with Crippen LogP contribution in [0.4, 0.5) is 5.69 Å². The Morgan fingerprint density at radius 3 is 2.40 bits per heavy atom. The van der Waals surface area contributed by atoms with Gasteiger partial charge in [-0.1, -0.05) is 69.0 Å². The largest absolute Gasteiger partial charge is 0.325 e. The fourth-order valence-electron chi connectivity index (χ4n) is 4.08. The van der Waals surface area contributed by atoms with Gasteiger partial charge in [-0.25, -0.2) is 0 Å². The van der Waals surface area contributed by atoms with Crippen LogP contribution in [-0.4, -0.2) is 11.0 Å². The summed E-state index contributed by atoms with van der Waals surface area (Å²) in [6.45, 7) is 4.42. The summed E-state index contributed by atoms with van der Waals surface area (Å²) in [5.41, 5.74) is 0.876. The van der Waals surface area contributed by atoms with Gasteiger partial charge in [-0.2, -0.15) is 0 Å². The van der Waals surface area contributed by atoms with E-state index in [1.165, 1.54) is 6.42 Å². The van der Waals surface area contributed by atoms with Gasteiger partial charge in [0, 0.05) is 15.9 Å². The molecular weight excluding hydrogens is 414 g/mol. The van der Waals surface area contributed by atoms with Crippen LogP contribution in [0, 0.1) is 11.3 Å². The molecule has 0 unspecified atom stereocenters. The molecule has 1 amide bonds. The van der Waals surface area contributed by atoms with Crippen LogP contribution in [0.25, 0.3) is 0 Å². The molecule has 1 saturated carbocycles. The first kappa shape index (κ1) is 22.9. The Balaban J connectivity index is 1.78. The van der Waals surface area contributed by atoms with Gasteiger partial charge in [-0.15, -0.1) is 0 Å². The molecule has 0 saturated heterocycles. The summed E-state index contributed by atoms with van der Waals surface area (Å²) in [6, 6.07) is 14.6. The summed E-state index contributed by atoms with van der Waals surface area (Å²) >= 11 is 7.29. The summed E-state index contributed by atoms with van der Waals surface area (Å²) in [5, 5.41) is 3.48. The highest BCUT2D eigenvalue weighted by Gasteiger charge is 2.39. The van der Waals surface area contributed by atoms with Crippen LogP contribution in [-0.2, 0) is 4.79 Å². The average molecular weight is 444 g/mol. The molecule has 1 N–H and O–H groups in total. The molecule has 0 heterocycles. The Morgan fingerprint density at radius 1 is 1.03 bits per heavy atom. The van der Waals surface area contributed by atoms with Crippen molar-refractivity contribution in [3.05, 3.63) is 59.1 Å². The predicted molar refractivity (Wildman–Crippen MR) is 126 cm³/mol. The fraction of sp³-hybridized carbons (Fsp3) is 0.440. The monoisotopic (exact) mass is 443 g/mol. The predicted octanol–water partition coefficient (Wildman–Crippen LogP) is 7.60. The standard InChI is InChI=1S/C25H30ClNO2S/c1-18(2)14-17-25(15-8-3-9-16-25)24(29)27-21-12-6-7-13-22(21)30-23(28)19-10-4-5-11-20(19)26/h4-7,10-13,18H,3,8-9,14-17H2,1-2H3,(H,27,29). The van der Waals surface area contributed by atoms with Crippen molar-refractivity contribution in [1.29, 1.82) is 0 Å². The van der Waals surface area contributed by atoms with E-state index >= 15 is 0 Å². The number of nitrogens with one attached hydrogen (secondary N) is 1. The van der Waals surface area contributed by atoms with Gasteiger partial charge in [0.1, 0.15) is 0 Å². The first-order valence-corrected chi connectivity index (χ1v) is 12.0. The van der Waals surface area contributed by atoms with E-state index in [1.54, 1.807) is 24.3 Å². The second-order valence-corrected chi connectivity index (χ2v) is 10.0. The van der Waals surface area contributed by atoms with Crippen molar-refractivity contribution in [2.24, 2.45) is 11.3 Å². The molecule has 2 aromatic rings. The maximum absolute atomic E-state index is 13.4. The lowest BCUT2D eigenvalue weighted by Gasteiger charge is -2.36. The fourth-order valence-corrected chi connectivity index (χ4v) is 5.22. The Bertz CT molecular complexity index is 890. The van der Waals surface area contributed by atoms with Crippen molar-refractivity contribution >= 4 is 40.1 Å². The summed E-state index contributed by atoms with van der Waals surface area (Å²) < 4.78 is 0. The van der Waals surface area contributed by atoms with Gasteiger partial charge >= 0.3 is 0 Å². The van der Waals surface area contributed by atoms with Gasteiger partial charge in [0.05, 0.1) is 10.7 Å². The zero-order valence-electron chi connectivity index (χ0n) is 17.7. The van der Waals surface area contributed by atoms with Gasteiger partial charge in [0.25, 0.3) is 0 Å². The molecule has 3 nitrogen and oxygen atoms in total. The summed E-state index contributed by atoms with van der Waals surface area (Å²) in [5.74, 6) is 0.675. The molecule has 0 atom stereocenters. The highest BCUT2D eigenvalue weighted by Crippen LogP contribution is 2.43. The Labute approximate surface area is 189 Å². The van der Waals surface area contributed by atoms with Gasteiger partial charge in [-0.3, -0.25) is 9.59 Å². The number of anilines is 1. The van der Waals surface area contributed by atoms with E-state index in [1.807, 2.05) is 24.3 Å².